The van der Waals surface area contributed by atoms with E-state index in [4.69, 9.17) is 5.73 Å². The van der Waals surface area contributed by atoms with E-state index in [1.54, 1.807) is 0 Å². The van der Waals surface area contributed by atoms with Crippen molar-refractivity contribution in [2.24, 2.45) is 0 Å². The standard InChI is InChI=1S/C14H21N3O2S/c1-9-5-6-10(15)11(7-9)20-8-12(18)16-13(19)17-14(2,3)4/h5-7H,8,15H2,1-4H3,(H2,16,17,18,19). The lowest BCUT2D eigenvalue weighted by molar-refractivity contribution is -0.117. The summed E-state index contributed by atoms with van der Waals surface area (Å²) in [5, 5.41) is 4.95. The fourth-order valence-electron chi connectivity index (χ4n) is 1.44. The fourth-order valence-corrected chi connectivity index (χ4v) is 2.31. The zero-order chi connectivity index (χ0) is 15.3. The molecule has 0 aliphatic heterocycles. The average Bonchev–Trinajstić information content (AvgIpc) is 2.27. The Balaban J connectivity index is 2.48. The Morgan fingerprint density at radius 2 is 1.95 bits per heavy atom. The van der Waals surface area contributed by atoms with E-state index in [9.17, 15) is 9.59 Å². The third-order valence-corrected chi connectivity index (χ3v) is 3.34. The Morgan fingerprint density at radius 3 is 2.55 bits per heavy atom. The van der Waals surface area contributed by atoms with Crippen molar-refractivity contribution in [2.75, 3.05) is 11.5 Å². The first kappa shape index (κ1) is 16.4. The molecule has 0 spiro atoms. The van der Waals surface area contributed by atoms with Gasteiger partial charge in [-0.15, -0.1) is 11.8 Å². The number of carbonyl (C=O) groups is 2. The van der Waals surface area contributed by atoms with Crippen LogP contribution in [0.3, 0.4) is 0 Å². The van der Waals surface area contributed by atoms with Gasteiger partial charge in [0.25, 0.3) is 0 Å². The minimum Gasteiger partial charge on any atom is -0.398 e. The second kappa shape index (κ2) is 6.65. The molecule has 0 aliphatic carbocycles. The normalized spacial score (nSPS) is 11.0. The molecular formula is C14H21N3O2S. The molecule has 5 nitrogen and oxygen atoms in total. The first-order chi connectivity index (χ1) is 9.17. The van der Waals surface area contributed by atoms with Crippen molar-refractivity contribution >= 4 is 29.4 Å². The first-order valence-electron chi connectivity index (χ1n) is 6.28. The lowest BCUT2D eigenvalue weighted by atomic mass is 10.1. The molecule has 0 aromatic heterocycles. The lowest BCUT2D eigenvalue weighted by Crippen LogP contribution is -2.48. The van der Waals surface area contributed by atoms with Crippen LogP contribution < -0.4 is 16.4 Å². The van der Waals surface area contributed by atoms with Crippen LogP contribution in [-0.4, -0.2) is 23.2 Å². The molecule has 0 radical (unpaired) electrons. The number of hydrogen-bond donors (Lipinski definition) is 3. The van der Waals surface area contributed by atoms with Gasteiger partial charge in [0.1, 0.15) is 0 Å². The van der Waals surface area contributed by atoms with Gasteiger partial charge in [-0.25, -0.2) is 4.79 Å². The van der Waals surface area contributed by atoms with Gasteiger partial charge in [0.15, 0.2) is 0 Å². The van der Waals surface area contributed by atoms with Crippen LogP contribution in [0.25, 0.3) is 0 Å². The van der Waals surface area contributed by atoms with Gasteiger partial charge < -0.3 is 11.1 Å². The zero-order valence-corrected chi connectivity index (χ0v) is 13.1. The predicted octanol–water partition coefficient (Wildman–Crippen LogP) is 2.29. The van der Waals surface area contributed by atoms with Crippen LogP contribution in [0.1, 0.15) is 26.3 Å². The molecule has 1 rings (SSSR count). The fraction of sp³-hybridized carbons (Fsp3) is 0.429. The number of imide groups is 1. The number of rotatable bonds is 3. The molecule has 4 N–H and O–H groups in total. The molecule has 0 unspecified atom stereocenters. The van der Waals surface area contributed by atoms with Crippen LogP contribution in [0.2, 0.25) is 0 Å². The van der Waals surface area contributed by atoms with E-state index >= 15 is 0 Å². The molecule has 0 fully saturated rings. The largest absolute Gasteiger partial charge is 0.398 e. The van der Waals surface area contributed by atoms with E-state index in [-0.39, 0.29) is 17.2 Å². The van der Waals surface area contributed by atoms with E-state index in [1.807, 2.05) is 45.9 Å². The molecule has 0 atom stereocenters. The van der Waals surface area contributed by atoms with Crippen LogP contribution in [0.15, 0.2) is 23.1 Å². The van der Waals surface area contributed by atoms with Crippen molar-refractivity contribution < 1.29 is 9.59 Å². The Morgan fingerprint density at radius 1 is 1.30 bits per heavy atom. The zero-order valence-electron chi connectivity index (χ0n) is 12.2. The van der Waals surface area contributed by atoms with E-state index < -0.39 is 6.03 Å². The number of thioether (sulfide) groups is 1. The number of aryl methyl sites for hydroxylation is 1. The van der Waals surface area contributed by atoms with Crippen molar-refractivity contribution in [3.8, 4) is 0 Å². The Bertz CT molecular complexity index is 510. The Kier molecular flexibility index (Phi) is 5.44. The van der Waals surface area contributed by atoms with Gasteiger partial charge >= 0.3 is 6.03 Å². The second-order valence-corrected chi connectivity index (χ2v) is 6.60. The number of amides is 3. The van der Waals surface area contributed by atoms with E-state index in [2.05, 4.69) is 10.6 Å². The Hall–Kier alpha value is -1.69. The van der Waals surface area contributed by atoms with Crippen molar-refractivity contribution in [2.45, 2.75) is 38.1 Å². The summed E-state index contributed by atoms with van der Waals surface area (Å²) in [5.74, 6) is -0.205. The molecule has 1 aromatic rings. The van der Waals surface area contributed by atoms with Gasteiger partial charge in [-0.2, -0.15) is 0 Å². The number of anilines is 1. The molecule has 0 saturated carbocycles. The summed E-state index contributed by atoms with van der Waals surface area (Å²) in [6, 6.07) is 5.15. The highest BCUT2D eigenvalue weighted by Gasteiger charge is 2.15. The maximum atomic E-state index is 11.7. The van der Waals surface area contributed by atoms with Crippen LogP contribution in [-0.2, 0) is 4.79 Å². The third-order valence-electron chi connectivity index (χ3n) is 2.27. The molecular weight excluding hydrogens is 274 g/mol. The summed E-state index contributed by atoms with van der Waals surface area (Å²) in [4.78, 5) is 24.0. The van der Waals surface area contributed by atoms with Crippen LogP contribution in [0.4, 0.5) is 10.5 Å². The van der Waals surface area contributed by atoms with Gasteiger partial charge in [0.05, 0.1) is 5.75 Å². The minimum atomic E-state index is -0.486. The summed E-state index contributed by atoms with van der Waals surface area (Å²) in [7, 11) is 0. The number of nitrogens with two attached hydrogens (primary N) is 1. The van der Waals surface area contributed by atoms with Gasteiger partial charge in [0.2, 0.25) is 5.91 Å². The second-order valence-electron chi connectivity index (χ2n) is 5.58. The van der Waals surface area contributed by atoms with Gasteiger partial charge in [-0.3, -0.25) is 10.1 Å². The van der Waals surface area contributed by atoms with Crippen LogP contribution in [0.5, 0.6) is 0 Å². The summed E-state index contributed by atoms with van der Waals surface area (Å²) in [6.07, 6.45) is 0. The number of nitrogens with one attached hydrogen (secondary N) is 2. The molecule has 0 saturated heterocycles. The van der Waals surface area contributed by atoms with Gasteiger partial charge in [-0.05, 0) is 45.4 Å². The monoisotopic (exact) mass is 295 g/mol. The van der Waals surface area contributed by atoms with Crippen LogP contribution in [0, 0.1) is 6.92 Å². The Labute approximate surface area is 123 Å². The molecule has 3 amide bonds. The molecule has 110 valence electrons. The number of hydrogen-bond acceptors (Lipinski definition) is 4. The molecule has 6 heteroatoms. The molecule has 0 aliphatic rings. The van der Waals surface area contributed by atoms with Crippen molar-refractivity contribution in [3.63, 3.8) is 0 Å². The topological polar surface area (TPSA) is 84.2 Å². The van der Waals surface area contributed by atoms with E-state index in [1.165, 1.54) is 11.8 Å². The number of carbonyl (C=O) groups excluding carboxylic acids is 2. The molecule has 0 heterocycles. The van der Waals surface area contributed by atoms with Crippen LogP contribution >= 0.6 is 11.8 Å². The molecule has 20 heavy (non-hydrogen) atoms. The number of benzene rings is 1. The minimum absolute atomic E-state index is 0.144. The lowest BCUT2D eigenvalue weighted by Gasteiger charge is -2.20. The quantitative estimate of drug-likeness (QED) is 0.590. The SMILES string of the molecule is Cc1ccc(N)c(SCC(=O)NC(=O)NC(C)(C)C)c1. The maximum absolute atomic E-state index is 11.7. The summed E-state index contributed by atoms with van der Waals surface area (Å²) in [5.41, 5.74) is 7.16. The number of nitrogen functional groups attached to an aromatic ring is 1. The highest BCUT2D eigenvalue weighted by molar-refractivity contribution is 8.00. The highest BCUT2D eigenvalue weighted by atomic mass is 32.2. The third kappa shape index (κ3) is 5.97. The van der Waals surface area contributed by atoms with Gasteiger partial charge in [0, 0.05) is 16.1 Å². The van der Waals surface area contributed by atoms with Gasteiger partial charge in [-0.1, -0.05) is 6.07 Å². The summed E-state index contributed by atoms with van der Waals surface area (Å²) < 4.78 is 0. The molecule has 0 bridgehead atoms. The highest BCUT2D eigenvalue weighted by Crippen LogP contribution is 2.25. The molecule has 1 aromatic carbocycles. The maximum Gasteiger partial charge on any atom is 0.321 e. The van der Waals surface area contributed by atoms with Crippen molar-refractivity contribution in [1.82, 2.24) is 10.6 Å². The summed E-state index contributed by atoms with van der Waals surface area (Å²) in [6.45, 7) is 7.50. The number of urea groups is 1. The van der Waals surface area contributed by atoms with Crippen molar-refractivity contribution in [3.05, 3.63) is 23.8 Å². The van der Waals surface area contributed by atoms with E-state index in [0.717, 1.165) is 10.5 Å². The summed E-state index contributed by atoms with van der Waals surface area (Å²) >= 11 is 1.31. The smallest absolute Gasteiger partial charge is 0.321 e. The predicted molar refractivity (Wildman–Crippen MR) is 82.7 cm³/mol. The first-order valence-corrected chi connectivity index (χ1v) is 7.27. The average molecular weight is 295 g/mol. The van der Waals surface area contributed by atoms with Crippen molar-refractivity contribution in [1.29, 1.82) is 0 Å². The van der Waals surface area contributed by atoms with E-state index in [0.29, 0.717) is 5.69 Å².